The maximum atomic E-state index is 12.2. The maximum absolute atomic E-state index is 12.2. The summed E-state index contributed by atoms with van der Waals surface area (Å²) in [7, 11) is -17.0. The molecule has 9 N–H and O–H groups in total. The van der Waals surface area contributed by atoms with Crippen LogP contribution in [0.5, 0.6) is 0 Å². The zero-order valence-corrected chi connectivity index (χ0v) is 21.7. The third kappa shape index (κ3) is 6.22. The van der Waals surface area contributed by atoms with Gasteiger partial charge in [0.1, 0.15) is 23.4 Å². The minimum absolute atomic E-state index is 0.0110. The van der Waals surface area contributed by atoms with E-state index >= 15 is 0 Å². The molecule has 36 heavy (non-hydrogen) atoms. The number of imidazole rings is 1. The van der Waals surface area contributed by atoms with Crippen molar-refractivity contribution in [2.75, 3.05) is 5.73 Å². The lowest BCUT2D eigenvalue weighted by Gasteiger charge is -2.27. The third-order valence-electron chi connectivity index (χ3n) is 4.57. The number of H-pyrrole nitrogens is 1. The van der Waals surface area contributed by atoms with E-state index in [1.54, 1.807) is 0 Å². The van der Waals surface area contributed by atoms with Crippen LogP contribution in [0.1, 0.15) is 13.2 Å². The van der Waals surface area contributed by atoms with Gasteiger partial charge in [-0.3, -0.25) is 9.09 Å². The summed E-state index contributed by atoms with van der Waals surface area (Å²) >= 11 is 10.5. The number of anilines is 1. The van der Waals surface area contributed by atoms with Crippen LogP contribution >= 0.6 is 47.3 Å². The molecule has 0 saturated carbocycles. The first-order chi connectivity index (χ1) is 16.4. The molecule has 0 aliphatic carbocycles. The smallest absolute Gasteiger partial charge is 0.386 e. The Balaban J connectivity index is 1.92. The van der Waals surface area contributed by atoms with Crippen molar-refractivity contribution < 1.29 is 61.4 Å². The van der Waals surface area contributed by atoms with Crippen LogP contribution in [-0.4, -0.2) is 73.2 Å². The number of aromatic nitrogens is 4. The monoisotopic (exact) mass is 611 g/mol. The SMILES string of the molecule is C[C@H](OP(=O)(O)OP(=O)(O)OP(=O)(O)O)[C@H]1O[C@@H](n2cnc3c(=S)nc(N)[nH]c32)C(O)(C#CCl)[C@H]1O. The number of hydrogen-bond donors (Lipinski definition) is 8. The van der Waals surface area contributed by atoms with Gasteiger partial charge in [0.05, 0.1) is 12.4 Å². The van der Waals surface area contributed by atoms with E-state index in [0.717, 1.165) is 17.8 Å². The largest absolute Gasteiger partial charge is 0.490 e. The van der Waals surface area contributed by atoms with Gasteiger partial charge in [-0.15, -0.1) is 0 Å². The Morgan fingerprint density at radius 3 is 2.53 bits per heavy atom. The van der Waals surface area contributed by atoms with Crippen molar-refractivity contribution in [1.82, 2.24) is 19.5 Å². The first-order valence-electron chi connectivity index (χ1n) is 9.12. The molecule has 1 saturated heterocycles. The van der Waals surface area contributed by atoms with E-state index in [1.807, 2.05) is 5.38 Å². The number of nitrogens with two attached hydrogens (primary N) is 1. The summed E-state index contributed by atoms with van der Waals surface area (Å²) < 4.78 is 53.2. The lowest BCUT2D eigenvalue weighted by atomic mass is 9.93. The molecule has 0 bridgehead atoms. The van der Waals surface area contributed by atoms with E-state index < -0.39 is 53.6 Å². The molecule has 3 rings (SSSR count). The molecule has 0 spiro atoms. The molecule has 1 aliphatic rings. The Morgan fingerprint density at radius 2 is 1.94 bits per heavy atom. The Bertz CT molecular complexity index is 1440. The highest BCUT2D eigenvalue weighted by atomic mass is 35.5. The highest BCUT2D eigenvalue weighted by Crippen LogP contribution is 2.66. The Morgan fingerprint density at radius 1 is 1.31 bits per heavy atom. The van der Waals surface area contributed by atoms with Gasteiger partial charge in [-0.25, -0.2) is 23.7 Å². The minimum Gasteiger partial charge on any atom is -0.386 e. The van der Waals surface area contributed by atoms with Gasteiger partial charge in [-0.1, -0.05) is 12.2 Å². The number of aromatic amines is 1. The van der Waals surface area contributed by atoms with Gasteiger partial charge in [-0.05, 0) is 24.4 Å². The molecule has 200 valence electrons. The van der Waals surface area contributed by atoms with Crippen LogP contribution in [0.15, 0.2) is 6.33 Å². The molecule has 23 heteroatoms. The molecular formula is C13H17ClN5O13P3S. The first kappa shape index (κ1) is 29.3. The van der Waals surface area contributed by atoms with Gasteiger partial charge >= 0.3 is 23.5 Å². The molecule has 0 aromatic carbocycles. The topological polar surface area (TPSA) is 282 Å². The molecule has 2 aromatic rings. The second-order valence-corrected chi connectivity index (χ2v) is 12.1. The van der Waals surface area contributed by atoms with Crippen LogP contribution in [-0.2, 0) is 31.6 Å². The van der Waals surface area contributed by atoms with Crippen LogP contribution in [0.3, 0.4) is 0 Å². The van der Waals surface area contributed by atoms with E-state index in [2.05, 4.69) is 34.0 Å². The Hall–Kier alpha value is -1.29. The van der Waals surface area contributed by atoms with Gasteiger partial charge in [0.2, 0.25) is 5.60 Å². The fraction of sp³-hybridized carbons (Fsp3) is 0.462. The van der Waals surface area contributed by atoms with Crippen molar-refractivity contribution in [3.8, 4) is 11.3 Å². The number of aliphatic hydroxyl groups excluding tert-OH is 1. The zero-order chi connectivity index (χ0) is 27.3. The third-order valence-corrected chi connectivity index (χ3v) is 8.87. The minimum atomic E-state index is -5.80. The molecule has 3 unspecified atom stereocenters. The van der Waals surface area contributed by atoms with E-state index in [-0.39, 0.29) is 21.8 Å². The molecule has 18 nitrogen and oxygen atoms in total. The average molecular weight is 612 g/mol. The molecule has 7 atom stereocenters. The van der Waals surface area contributed by atoms with Crippen molar-refractivity contribution in [2.45, 2.75) is 37.1 Å². The van der Waals surface area contributed by atoms with Crippen LogP contribution in [0.2, 0.25) is 0 Å². The predicted octanol–water partition coefficient (Wildman–Crippen LogP) is -0.00801. The number of halogens is 1. The van der Waals surface area contributed by atoms with Crippen molar-refractivity contribution >= 4 is 64.4 Å². The highest BCUT2D eigenvalue weighted by Gasteiger charge is 2.58. The molecule has 2 aromatic heterocycles. The normalized spacial score (nSPS) is 28.7. The second-order valence-electron chi connectivity index (χ2n) is 7.12. The number of hydrogen-bond acceptors (Lipinski definition) is 13. The van der Waals surface area contributed by atoms with E-state index in [4.69, 9.17) is 44.1 Å². The van der Waals surface area contributed by atoms with Crippen LogP contribution < -0.4 is 5.73 Å². The van der Waals surface area contributed by atoms with Gasteiger partial charge < -0.3 is 45.2 Å². The number of phosphoric acid groups is 3. The van der Waals surface area contributed by atoms with Crippen LogP contribution in [0.25, 0.3) is 11.2 Å². The van der Waals surface area contributed by atoms with E-state index in [1.165, 1.54) is 0 Å². The standard InChI is InChI=1S/C13H17ClN5O13P3S/c1-5(30-34(25,26)32-35(27,28)31-33(22,23)24)7-8(20)13(21,2-3-14)11(29-7)19-4-16-6-9(19)17-12(15)18-10(6)36/h4-5,7-8,11,20-21H,1H3,(H,25,26)(H,27,28)(H2,22,23,24)(H3,15,17,18,36)/t5-,7+,8-,11+,13?/m0/s1. The van der Waals surface area contributed by atoms with Gasteiger partial charge in [0, 0.05) is 5.38 Å². The average Bonchev–Trinajstić information content (AvgIpc) is 3.18. The number of nitrogens with one attached hydrogen (secondary N) is 1. The molecule has 3 heterocycles. The number of phosphoric ester groups is 1. The summed E-state index contributed by atoms with van der Waals surface area (Å²) in [6.07, 6.45) is -5.89. The summed E-state index contributed by atoms with van der Waals surface area (Å²) in [4.78, 5) is 46.8. The maximum Gasteiger partial charge on any atom is 0.490 e. The summed E-state index contributed by atoms with van der Waals surface area (Å²) in [6.45, 7) is 1.03. The van der Waals surface area contributed by atoms with Crippen molar-refractivity contribution in [3.05, 3.63) is 11.0 Å². The highest BCUT2D eigenvalue weighted by molar-refractivity contribution is 7.71. The number of nitrogen functional groups attached to an aromatic ring is 1. The molecule has 1 aliphatic heterocycles. The summed E-state index contributed by atoms with van der Waals surface area (Å²) in [6, 6.07) is 0. The quantitative estimate of drug-likeness (QED) is 0.111. The summed E-state index contributed by atoms with van der Waals surface area (Å²) in [5.41, 5.74) is 3.38. The first-order valence-corrected chi connectivity index (χ1v) is 14.4. The van der Waals surface area contributed by atoms with Crippen LogP contribution in [0, 0.1) is 15.9 Å². The number of fused-ring (bicyclic) bond motifs is 1. The number of rotatable bonds is 8. The van der Waals surface area contributed by atoms with Crippen molar-refractivity contribution in [3.63, 3.8) is 0 Å². The summed E-state index contributed by atoms with van der Waals surface area (Å²) in [5, 5.41) is 23.8. The predicted molar refractivity (Wildman–Crippen MR) is 120 cm³/mol. The fourth-order valence-electron chi connectivity index (χ4n) is 3.28. The molecule has 0 amide bonds. The van der Waals surface area contributed by atoms with Gasteiger partial charge in [-0.2, -0.15) is 8.62 Å². The number of nitrogens with zero attached hydrogens (tertiary/aromatic N) is 3. The van der Waals surface area contributed by atoms with E-state index in [9.17, 15) is 33.7 Å². The Labute approximate surface area is 210 Å². The van der Waals surface area contributed by atoms with E-state index in [0.29, 0.717) is 0 Å². The fourth-order valence-corrected chi connectivity index (χ4v) is 6.88. The lowest BCUT2D eigenvalue weighted by molar-refractivity contribution is -0.0831. The molecule has 1 fully saturated rings. The lowest BCUT2D eigenvalue weighted by Crippen LogP contribution is -2.47. The number of ether oxygens (including phenoxy) is 1. The summed E-state index contributed by atoms with van der Waals surface area (Å²) in [5.74, 6) is 2.04. The zero-order valence-electron chi connectivity index (χ0n) is 17.5. The molecular weight excluding hydrogens is 595 g/mol. The van der Waals surface area contributed by atoms with Crippen LogP contribution in [0.4, 0.5) is 5.95 Å². The van der Waals surface area contributed by atoms with Crippen molar-refractivity contribution in [2.24, 2.45) is 0 Å². The molecule has 0 radical (unpaired) electrons. The number of aliphatic hydroxyl groups is 2. The van der Waals surface area contributed by atoms with Gasteiger partial charge in [0.25, 0.3) is 0 Å². The second kappa shape index (κ2) is 10.1. The van der Waals surface area contributed by atoms with Gasteiger partial charge in [0.15, 0.2) is 16.8 Å². The Kier molecular flexibility index (Phi) is 8.22. The van der Waals surface area contributed by atoms with Crippen molar-refractivity contribution in [1.29, 1.82) is 0 Å².